The Balaban J connectivity index is 0.00000400. The Morgan fingerprint density at radius 3 is 1.90 bits per heavy atom. The molecule has 1 rings (SSSR count). The zero-order valence-electron chi connectivity index (χ0n) is 12.9. The van der Waals surface area contributed by atoms with Gasteiger partial charge >= 0.3 is 0 Å². The monoisotopic (exact) mass is 318 g/mol. The summed E-state index contributed by atoms with van der Waals surface area (Å²) in [7, 11) is 4.64. The average Bonchev–Trinajstić information content (AvgIpc) is 2.45. The van der Waals surface area contributed by atoms with Gasteiger partial charge in [-0.1, -0.05) is 0 Å². The summed E-state index contributed by atoms with van der Waals surface area (Å²) in [6.07, 6.45) is 0. The second kappa shape index (κ2) is 8.59. The molecule has 1 aromatic carbocycles. The molecule has 0 heterocycles. The van der Waals surface area contributed by atoms with Gasteiger partial charge < -0.3 is 25.3 Å². The molecule has 0 saturated heterocycles. The molecule has 2 atom stereocenters. The van der Waals surface area contributed by atoms with Crippen molar-refractivity contribution >= 4 is 18.3 Å². The van der Waals surface area contributed by atoms with Gasteiger partial charge in [0.25, 0.3) is 0 Å². The molecular weight excluding hydrogens is 296 g/mol. The molecule has 120 valence electrons. The van der Waals surface area contributed by atoms with E-state index in [4.69, 9.17) is 19.9 Å². The van der Waals surface area contributed by atoms with Crippen molar-refractivity contribution < 1.29 is 19.0 Å². The molecule has 0 aliphatic rings. The molecule has 0 aliphatic heterocycles. The highest BCUT2D eigenvalue weighted by Crippen LogP contribution is 2.39. The van der Waals surface area contributed by atoms with Crippen molar-refractivity contribution in [3.8, 4) is 17.2 Å². The molecule has 0 radical (unpaired) electrons. The summed E-state index contributed by atoms with van der Waals surface area (Å²) < 4.78 is 15.8. The fourth-order valence-corrected chi connectivity index (χ4v) is 1.78. The number of hydrogen-bond donors (Lipinski definition) is 2. The van der Waals surface area contributed by atoms with Crippen LogP contribution in [0.15, 0.2) is 12.1 Å². The van der Waals surface area contributed by atoms with Crippen LogP contribution >= 0.6 is 12.4 Å². The van der Waals surface area contributed by atoms with Crippen LogP contribution in [0.2, 0.25) is 0 Å². The van der Waals surface area contributed by atoms with E-state index in [1.54, 1.807) is 40.4 Å². The minimum Gasteiger partial charge on any atom is -0.493 e. The highest BCUT2D eigenvalue weighted by molar-refractivity contribution is 5.85. The van der Waals surface area contributed by atoms with Gasteiger partial charge in [0.1, 0.15) is 0 Å². The quantitative estimate of drug-likeness (QED) is 0.833. The summed E-state index contributed by atoms with van der Waals surface area (Å²) in [6.45, 7) is 3.50. The van der Waals surface area contributed by atoms with Crippen molar-refractivity contribution in [3.05, 3.63) is 17.7 Å². The Hall–Kier alpha value is -1.66. The van der Waals surface area contributed by atoms with Gasteiger partial charge in [-0.05, 0) is 31.5 Å². The maximum absolute atomic E-state index is 11.6. The van der Waals surface area contributed by atoms with Gasteiger partial charge in [0.2, 0.25) is 11.7 Å². The predicted octanol–water partition coefficient (Wildman–Crippen LogP) is 1.66. The van der Waals surface area contributed by atoms with Crippen LogP contribution in [-0.2, 0) is 4.79 Å². The number of methoxy groups -OCH3 is 3. The second-order valence-electron chi connectivity index (χ2n) is 4.48. The number of rotatable bonds is 6. The van der Waals surface area contributed by atoms with E-state index in [1.165, 1.54) is 0 Å². The predicted molar refractivity (Wildman–Crippen MR) is 83.6 cm³/mol. The SMILES string of the molecule is COc1cc(C(C)NC(=O)[C@H](C)N)cc(OC)c1OC.Cl. The minimum absolute atomic E-state index is 0. The Kier molecular flexibility index (Phi) is 7.91. The molecule has 7 heteroatoms. The van der Waals surface area contributed by atoms with Crippen molar-refractivity contribution in [2.75, 3.05) is 21.3 Å². The first-order valence-electron chi connectivity index (χ1n) is 6.30. The third kappa shape index (κ3) is 4.68. The van der Waals surface area contributed by atoms with E-state index < -0.39 is 6.04 Å². The number of ether oxygens (including phenoxy) is 3. The van der Waals surface area contributed by atoms with E-state index in [2.05, 4.69) is 5.32 Å². The number of carbonyl (C=O) groups excluding carboxylic acids is 1. The van der Waals surface area contributed by atoms with E-state index >= 15 is 0 Å². The standard InChI is InChI=1S/C14H22N2O4.ClH/c1-8(15)14(17)16-9(2)10-6-11(18-3)13(20-5)12(7-10)19-4;/h6-9H,15H2,1-5H3,(H,16,17);1H/t8-,9?;/m0./s1. The van der Waals surface area contributed by atoms with Crippen molar-refractivity contribution in [2.45, 2.75) is 25.9 Å². The van der Waals surface area contributed by atoms with Gasteiger partial charge in [0.15, 0.2) is 11.5 Å². The Bertz CT molecular complexity index is 455. The summed E-state index contributed by atoms with van der Waals surface area (Å²) in [5, 5.41) is 2.82. The maximum Gasteiger partial charge on any atom is 0.237 e. The van der Waals surface area contributed by atoms with Crippen LogP contribution in [0.25, 0.3) is 0 Å². The molecular formula is C14H23ClN2O4. The summed E-state index contributed by atoms with van der Waals surface area (Å²) in [5.74, 6) is 1.39. The van der Waals surface area contributed by atoms with Crippen molar-refractivity contribution in [1.82, 2.24) is 5.32 Å². The van der Waals surface area contributed by atoms with Crippen molar-refractivity contribution in [2.24, 2.45) is 5.73 Å². The number of nitrogens with two attached hydrogens (primary N) is 1. The number of benzene rings is 1. The van der Waals surface area contributed by atoms with E-state index in [9.17, 15) is 4.79 Å². The lowest BCUT2D eigenvalue weighted by atomic mass is 10.1. The molecule has 3 N–H and O–H groups in total. The van der Waals surface area contributed by atoms with E-state index in [-0.39, 0.29) is 24.4 Å². The Labute approximate surface area is 131 Å². The van der Waals surface area contributed by atoms with Gasteiger partial charge in [-0.15, -0.1) is 12.4 Å². The zero-order valence-corrected chi connectivity index (χ0v) is 13.7. The summed E-state index contributed by atoms with van der Waals surface area (Å²) in [4.78, 5) is 11.6. The molecule has 0 saturated carbocycles. The minimum atomic E-state index is -0.556. The van der Waals surface area contributed by atoms with Crippen LogP contribution in [0.5, 0.6) is 17.2 Å². The molecule has 0 fully saturated rings. The fourth-order valence-electron chi connectivity index (χ4n) is 1.78. The lowest BCUT2D eigenvalue weighted by Gasteiger charge is -2.19. The van der Waals surface area contributed by atoms with Gasteiger partial charge in [-0.25, -0.2) is 0 Å². The van der Waals surface area contributed by atoms with Crippen LogP contribution in [0.1, 0.15) is 25.5 Å². The lowest BCUT2D eigenvalue weighted by molar-refractivity contribution is -0.122. The highest BCUT2D eigenvalue weighted by Gasteiger charge is 2.18. The first-order valence-corrected chi connectivity index (χ1v) is 6.30. The molecule has 1 amide bonds. The number of halogens is 1. The molecule has 6 nitrogen and oxygen atoms in total. The Morgan fingerprint density at radius 1 is 1.10 bits per heavy atom. The van der Waals surface area contributed by atoms with Crippen molar-refractivity contribution in [1.29, 1.82) is 0 Å². The molecule has 0 aromatic heterocycles. The Morgan fingerprint density at radius 2 is 1.57 bits per heavy atom. The van der Waals surface area contributed by atoms with E-state index in [1.807, 2.05) is 6.92 Å². The lowest BCUT2D eigenvalue weighted by Crippen LogP contribution is -2.39. The third-order valence-corrected chi connectivity index (χ3v) is 2.96. The number of nitrogens with one attached hydrogen (secondary N) is 1. The van der Waals surface area contributed by atoms with Crippen LogP contribution < -0.4 is 25.3 Å². The van der Waals surface area contributed by atoms with Gasteiger partial charge in [-0.3, -0.25) is 4.79 Å². The van der Waals surface area contributed by atoms with E-state index in [0.717, 1.165) is 5.56 Å². The highest BCUT2D eigenvalue weighted by atomic mass is 35.5. The van der Waals surface area contributed by atoms with Crippen LogP contribution in [0.4, 0.5) is 0 Å². The topological polar surface area (TPSA) is 82.8 Å². The largest absolute Gasteiger partial charge is 0.493 e. The zero-order chi connectivity index (χ0) is 15.3. The number of hydrogen-bond acceptors (Lipinski definition) is 5. The van der Waals surface area contributed by atoms with Gasteiger partial charge in [0.05, 0.1) is 33.4 Å². The van der Waals surface area contributed by atoms with Crippen LogP contribution in [-0.4, -0.2) is 33.3 Å². The molecule has 1 unspecified atom stereocenters. The van der Waals surface area contributed by atoms with Crippen molar-refractivity contribution in [3.63, 3.8) is 0 Å². The maximum atomic E-state index is 11.6. The third-order valence-electron chi connectivity index (χ3n) is 2.96. The smallest absolute Gasteiger partial charge is 0.237 e. The molecule has 0 bridgehead atoms. The first-order chi connectivity index (χ1) is 9.44. The number of carbonyl (C=O) groups is 1. The average molecular weight is 319 g/mol. The van der Waals surface area contributed by atoms with Gasteiger partial charge in [0, 0.05) is 0 Å². The molecule has 21 heavy (non-hydrogen) atoms. The normalized spacial score (nSPS) is 12.7. The van der Waals surface area contributed by atoms with Gasteiger partial charge in [-0.2, -0.15) is 0 Å². The summed E-state index contributed by atoms with van der Waals surface area (Å²) >= 11 is 0. The molecule has 0 aliphatic carbocycles. The van der Waals surface area contributed by atoms with E-state index in [0.29, 0.717) is 17.2 Å². The fraction of sp³-hybridized carbons (Fsp3) is 0.500. The summed E-state index contributed by atoms with van der Waals surface area (Å²) in [5.41, 5.74) is 6.38. The van der Waals surface area contributed by atoms with Crippen LogP contribution in [0.3, 0.4) is 0 Å². The number of amides is 1. The first kappa shape index (κ1) is 19.3. The summed E-state index contributed by atoms with van der Waals surface area (Å²) in [6, 6.07) is 2.82. The molecule has 0 spiro atoms. The molecule has 1 aromatic rings. The van der Waals surface area contributed by atoms with Crippen LogP contribution in [0, 0.1) is 0 Å². The second-order valence-corrected chi connectivity index (χ2v) is 4.48.